The van der Waals surface area contributed by atoms with E-state index in [4.69, 9.17) is 0 Å². The van der Waals surface area contributed by atoms with Gasteiger partial charge in [-0.05, 0) is 43.3 Å². The van der Waals surface area contributed by atoms with Gasteiger partial charge in [-0.2, -0.15) is 22.0 Å². The van der Waals surface area contributed by atoms with E-state index in [1.54, 1.807) is 0 Å². The molecule has 0 aliphatic rings. The van der Waals surface area contributed by atoms with Crippen LogP contribution in [0.2, 0.25) is 0 Å². The Kier molecular flexibility index (Phi) is 8.06. The highest BCUT2D eigenvalue weighted by Gasteiger charge is 2.62. The zero-order valence-corrected chi connectivity index (χ0v) is 20.7. The number of carbonyl (C=O) groups is 1. The number of hydrogen-bond donors (Lipinski definition) is 0. The fourth-order valence-electron chi connectivity index (χ4n) is 3.33. The van der Waals surface area contributed by atoms with Gasteiger partial charge in [0.2, 0.25) is 0 Å². The van der Waals surface area contributed by atoms with Crippen LogP contribution in [0.5, 0.6) is 0 Å². The molecule has 0 radical (unpaired) electrons. The van der Waals surface area contributed by atoms with Gasteiger partial charge in [-0.3, -0.25) is 0 Å². The number of carbonyl (C=O) groups excluding carboxylic acids is 1. The van der Waals surface area contributed by atoms with Gasteiger partial charge in [0.1, 0.15) is 0 Å². The van der Waals surface area contributed by atoms with Crippen LogP contribution in [0.4, 0.5) is 22.0 Å². The van der Waals surface area contributed by atoms with Crippen LogP contribution in [0.25, 0.3) is 25.1 Å². The molecular weight excluding hydrogens is 539 g/mol. The predicted molar refractivity (Wildman–Crippen MR) is 131 cm³/mol. The first-order valence-electron chi connectivity index (χ1n) is 10.4. The third-order valence-corrected chi connectivity index (χ3v) is 8.21. The summed E-state index contributed by atoms with van der Waals surface area (Å²) < 4.78 is 98.5. The van der Waals surface area contributed by atoms with Crippen molar-refractivity contribution in [3.63, 3.8) is 0 Å². The largest absolute Gasteiger partial charge is 0.743 e. The van der Waals surface area contributed by atoms with Crippen molar-refractivity contribution >= 4 is 46.7 Å². The molecule has 4 aromatic rings. The second-order valence-electron chi connectivity index (χ2n) is 7.73. The number of hydrogen-bond acceptors (Lipinski definition) is 5. The number of esters is 1. The highest BCUT2D eigenvalue weighted by molar-refractivity contribution is 7.86. The lowest BCUT2D eigenvalue weighted by atomic mass is 10.2. The summed E-state index contributed by atoms with van der Waals surface area (Å²) in [6, 6.07) is 28.4. The molecule has 5 nitrogen and oxygen atoms in total. The molecule has 0 aliphatic carbocycles. The fourth-order valence-corrected chi connectivity index (χ4v) is 6.17. The quantitative estimate of drug-likeness (QED) is 0.0874. The van der Waals surface area contributed by atoms with Crippen LogP contribution in [0, 0.1) is 0 Å². The number of fused-ring (bicyclic) bond motifs is 3. The van der Waals surface area contributed by atoms with Gasteiger partial charge in [-0.1, -0.05) is 49.0 Å². The third-order valence-electron chi connectivity index (χ3n) is 4.99. The Labute approximate surface area is 211 Å². The van der Waals surface area contributed by atoms with Crippen molar-refractivity contribution in [3.05, 3.63) is 91.0 Å². The molecule has 0 amide bonds. The minimum Gasteiger partial charge on any atom is -0.743 e. The summed E-state index contributed by atoms with van der Waals surface area (Å²) in [5.74, 6) is -1.90. The fraction of sp³-hybridized carbons (Fsp3) is 0.160. The molecule has 0 N–H and O–H groups in total. The Hall–Kier alpha value is -3.35. The van der Waals surface area contributed by atoms with Gasteiger partial charge in [-0.25, -0.2) is 13.2 Å². The van der Waals surface area contributed by atoms with E-state index >= 15 is 0 Å². The molecule has 1 atom stereocenters. The maximum absolute atomic E-state index is 12.8. The second kappa shape index (κ2) is 10.6. The summed E-state index contributed by atoms with van der Waals surface area (Å²) >= 11 is 0. The molecule has 4 rings (SSSR count). The van der Waals surface area contributed by atoms with E-state index in [1.807, 2.05) is 0 Å². The van der Waals surface area contributed by atoms with Crippen LogP contribution >= 0.6 is 10.5 Å². The molecule has 1 heterocycles. The Bertz CT molecular complexity index is 1490. The van der Waals surface area contributed by atoms with E-state index in [0.717, 1.165) is 6.92 Å². The number of rotatable bonds is 5. The normalized spacial score (nSPS) is 13.1. The minimum absolute atomic E-state index is 0.0594. The van der Waals surface area contributed by atoms with E-state index in [1.165, 1.54) is 25.1 Å². The van der Waals surface area contributed by atoms with Gasteiger partial charge in [0, 0.05) is 26.8 Å². The zero-order valence-electron chi connectivity index (χ0n) is 19.0. The average molecular weight is 559 g/mol. The van der Waals surface area contributed by atoms with Crippen molar-refractivity contribution in [2.75, 3.05) is 0 Å². The van der Waals surface area contributed by atoms with Gasteiger partial charge in [-0.15, -0.1) is 0 Å². The van der Waals surface area contributed by atoms with Gasteiger partial charge in [0.05, 0.1) is 0 Å². The molecule has 12 heteroatoms. The molecule has 196 valence electrons. The molecule has 0 aliphatic heterocycles. The molecule has 1 unspecified atom stereocenters. The van der Waals surface area contributed by atoms with E-state index in [0.29, 0.717) is 0 Å². The first kappa shape index (κ1) is 28.2. The van der Waals surface area contributed by atoms with Crippen LogP contribution in [-0.2, 0) is 19.6 Å². The molecule has 0 spiro atoms. The van der Waals surface area contributed by atoms with Crippen molar-refractivity contribution in [1.82, 2.24) is 0 Å². The predicted octanol–water partition coefficient (Wildman–Crippen LogP) is 6.91. The Balaban J connectivity index is 0.000000206. The van der Waals surface area contributed by atoms with E-state index in [-0.39, 0.29) is 10.5 Å². The van der Waals surface area contributed by atoms with E-state index < -0.39 is 39.2 Å². The van der Waals surface area contributed by atoms with Gasteiger partial charge in [0.15, 0.2) is 24.4 Å². The number of halogens is 5. The first-order chi connectivity index (χ1) is 17.2. The van der Waals surface area contributed by atoms with Crippen LogP contribution in [-0.4, -0.2) is 36.5 Å². The molecule has 3 aromatic carbocycles. The maximum atomic E-state index is 12.8. The monoisotopic (exact) mass is 558 g/mol. The van der Waals surface area contributed by atoms with Gasteiger partial charge >= 0.3 is 17.4 Å². The summed E-state index contributed by atoms with van der Waals surface area (Å²) in [6.07, 6.45) is -10.3. The summed E-state index contributed by atoms with van der Waals surface area (Å²) in [4.78, 5) is 12.1. The summed E-state index contributed by atoms with van der Waals surface area (Å²) in [6.45, 7) is 3.67. The number of thiophene rings is 1. The van der Waals surface area contributed by atoms with Crippen LogP contribution < -0.4 is 0 Å². The Morgan fingerprint density at radius 2 is 1.30 bits per heavy atom. The highest BCUT2D eigenvalue weighted by atomic mass is 32.2. The average Bonchev–Trinajstić information content (AvgIpc) is 3.16. The van der Waals surface area contributed by atoms with Crippen LogP contribution in [0.1, 0.15) is 6.92 Å². The smallest absolute Gasteiger partial charge is 0.432 e. The van der Waals surface area contributed by atoms with Crippen LogP contribution in [0.15, 0.2) is 91.0 Å². The minimum atomic E-state index is -6.67. The standard InChI is InChI=1S/C18H13S.C7H7F5O5S/c1-2-8-14(9-3-1)19-17-12-6-4-10-15(17)16-11-5-7-13-18(16)19;1-3(2)4(13)17-5(6(8,9)10)7(11,12)18(14,15)16/h1-13H;5H,1H2,2H3,(H,14,15,16)/q+1;/p-1. The van der Waals surface area contributed by atoms with Crippen molar-refractivity contribution in [3.8, 4) is 4.90 Å². The van der Waals surface area contributed by atoms with Crippen molar-refractivity contribution in [2.24, 2.45) is 0 Å². The molecule has 0 bridgehead atoms. The lowest BCUT2D eigenvalue weighted by Crippen LogP contribution is -2.52. The van der Waals surface area contributed by atoms with Gasteiger partial charge in [0.25, 0.3) is 6.10 Å². The van der Waals surface area contributed by atoms with Crippen molar-refractivity contribution < 1.29 is 44.5 Å². The highest BCUT2D eigenvalue weighted by Crippen LogP contribution is 2.47. The molecule has 0 saturated heterocycles. The molecule has 1 aromatic heterocycles. The van der Waals surface area contributed by atoms with E-state index in [2.05, 4.69) is 90.2 Å². The Morgan fingerprint density at radius 3 is 1.70 bits per heavy atom. The number of ether oxygens (including phenoxy) is 1. The lowest BCUT2D eigenvalue weighted by Gasteiger charge is -2.29. The van der Waals surface area contributed by atoms with Gasteiger partial charge < -0.3 is 9.29 Å². The molecule has 37 heavy (non-hydrogen) atoms. The summed E-state index contributed by atoms with van der Waals surface area (Å²) in [7, 11) is -6.61. The van der Waals surface area contributed by atoms with Crippen LogP contribution in [0.3, 0.4) is 0 Å². The summed E-state index contributed by atoms with van der Waals surface area (Å²) in [5.41, 5.74) is -0.677. The lowest BCUT2D eigenvalue weighted by molar-refractivity contribution is -0.257. The molecule has 0 fully saturated rings. The number of benzene rings is 3. The Morgan fingerprint density at radius 1 is 0.865 bits per heavy atom. The zero-order chi connectivity index (χ0) is 27.6. The molecular formula is C25H19F5O5S2. The van der Waals surface area contributed by atoms with Crippen molar-refractivity contribution in [2.45, 2.75) is 24.5 Å². The SMILES string of the molecule is C=C(C)C(=O)OC(C(F)(F)F)C(F)(F)S(=O)(=O)[O-].c1ccc(-[s+]2c3ccccc3c3ccccc32)cc1. The molecule has 0 saturated carbocycles. The first-order valence-corrected chi connectivity index (χ1v) is 13.0. The topological polar surface area (TPSA) is 83.5 Å². The maximum Gasteiger partial charge on any atom is 0.432 e. The van der Waals surface area contributed by atoms with Crippen molar-refractivity contribution in [1.29, 1.82) is 0 Å². The summed E-state index contributed by atoms with van der Waals surface area (Å²) in [5, 5.41) is -3.05. The second-order valence-corrected chi connectivity index (χ2v) is 11.2. The third kappa shape index (κ3) is 5.97. The number of alkyl halides is 5. The van der Waals surface area contributed by atoms with E-state index in [9.17, 15) is 39.7 Å².